The molecule has 2 N–H and O–H groups in total. The van der Waals surface area contributed by atoms with Crippen LogP contribution in [-0.4, -0.2) is 17.0 Å². The molecule has 1 aromatic carbocycles. The van der Waals surface area contributed by atoms with Gasteiger partial charge < -0.3 is 5.73 Å². The summed E-state index contributed by atoms with van der Waals surface area (Å²) < 4.78 is 13.8. The lowest BCUT2D eigenvalue weighted by Crippen LogP contribution is -2.43. The van der Waals surface area contributed by atoms with Crippen molar-refractivity contribution in [3.63, 3.8) is 0 Å². The summed E-state index contributed by atoms with van der Waals surface area (Å²) >= 11 is 0. The second kappa shape index (κ2) is 5.05. The fraction of sp³-hybridized carbons (Fsp3) is 0.571. The summed E-state index contributed by atoms with van der Waals surface area (Å²) in [4.78, 5) is 2.39. The molecule has 0 aliphatic carbocycles. The Bertz CT molecular complexity index is 382. The van der Waals surface area contributed by atoms with Gasteiger partial charge in [-0.2, -0.15) is 0 Å². The number of likely N-dealkylation sites (tertiary alicyclic amines) is 1. The van der Waals surface area contributed by atoms with Gasteiger partial charge in [0.1, 0.15) is 5.82 Å². The van der Waals surface area contributed by atoms with E-state index in [1.807, 2.05) is 0 Å². The monoisotopic (exact) mass is 236 g/mol. The Labute approximate surface area is 103 Å². The number of hydrogen-bond donors (Lipinski definition) is 1. The maximum atomic E-state index is 13.8. The van der Waals surface area contributed by atoms with E-state index in [1.54, 1.807) is 12.1 Å². The number of halogens is 1. The average molecular weight is 236 g/mol. The number of rotatable bonds is 2. The first-order chi connectivity index (χ1) is 8.08. The highest BCUT2D eigenvalue weighted by Crippen LogP contribution is 2.25. The summed E-state index contributed by atoms with van der Waals surface area (Å²) in [7, 11) is 0. The second-order valence-electron chi connectivity index (χ2n) is 5.15. The van der Waals surface area contributed by atoms with Crippen LogP contribution in [0.25, 0.3) is 0 Å². The van der Waals surface area contributed by atoms with E-state index < -0.39 is 0 Å². The molecule has 17 heavy (non-hydrogen) atoms. The number of piperidine rings is 1. The van der Waals surface area contributed by atoms with E-state index in [4.69, 9.17) is 5.73 Å². The number of benzene rings is 1. The number of anilines is 1. The topological polar surface area (TPSA) is 29.3 Å². The first kappa shape index (κ1) is 12.4. The van der Waals surface area contributed by atoms with Crippen LogP contribution in [0.2, 0.25) is 0 Å². The third kappa shape index (κ3) is 2.78. The summed E-state index contributed by atoms with van der Waals surface area (Å²) in [6.45, 7) is 5.14. The van der Waals surface area contributed by atoms with Gasteiger partial charge in [-0.15, -0.1) is 0 Å². The molecule has 0 radical (unpaired) electrons. The molecule has 94 valence electrons. The molecule has 1 aromatic rings. The fourth-order valence-electron chi connectivity index (χ4n) is 2.67. The van der Waals surface area contributed by atoms with Crippen LogP contribution < -0.4 is 5.73 Å². The molecule has 1 fully saturated rings. The van der Waals surface area contributed by atoms with Crippen molar-refractivity contribution in [3.8, 4) is 0 Å². The molecule has 0 spiro atoms. The minimum absolute atomic E-state index is 0.185. The van der Waals surface area contributed by atoms with Crippen LogP contribution in [0.5, 0.6) is 0 Å². The predicted octanol–water partition coefficient (Wildman–Crippen LogP) is 3.17. The van der Waals surface area contributed by atoms with Gasteiger partial charge in [-0.05, 0) is 38.8 Å². The van der Waals surface area contributed by atoms with E-state index in [9.17, 15) is 4.39 Å². The first-order valence-corrected chi connectivity index (χ1v) is 6.37. The van der Waals surface area contributed by atoms with Gasteiger partial charge in [-0.3, -0.25) is 4.90 Å². The Morgan fingerprint density at radius 1 is 1.29 bits per heavy atom. The number of hydrogen-bond acceptors (Lipinski definition) is 2. The first-order valence-electron chi connectivity index (χ1n) is 6.37. The summed E-state index contributed by atoms with van der Waals surface area (Å²) in [5.41, 5.74) is 6.80. The van der Waals surface area contributed by atoms with E-state index in [0.717, 1.165) is 5.56 Å². The lowest BCUT2D eigenvalue weighted by atomic mass is 9.96. The summed E-state index contributed by atoms with van der Waals surface area (Å²) in [6.07, 6.45) is 3.70. The molecular formula is C14H21FN2. The van der Waals surface area contributed by atoms with Crippen molar-refractivity contribution in [3.05, 3.63) is 29.6 Å². The van der Waals surface area contributed by atoms with Crippen molar-refractivity contribution in [2.45, 2.75) is 51.7 Å². The van der Waals surface area contributed by atoms with Crippen LogP contribution >= 0.6 is 0 Å². The zero-order valence-corrected chi connectivity index (χ0v) is 10.6. The molecular weight excluding hydrogens is 215 g/mol. The zero-order valence-electron chi connectivity index (χ0n) is 10.6. The molecule has 1 saturated heterocycles. The molecule has 0 bridgehead atoms. The van der Waals surface area contributed by atoms with Crippen LogP contribution in [0.15, 0.2) is 18.2 Å². The Hall–Kier alpha value is -1.09. The number of nitrogens with zero attached hydrogens (tertiary/aromatic N) is 1. The molecule has 1 aliphatic rings. The normalized spacial score (nSPS) is 26.1. The lowest BCUT2D eigenvalue weighted by molar-refractivity contribution is 0.0940. The van der Waals surface area contributed by atoms with E-state index in [-0.39, 0.29) is 5.82 Å². The van der Waals surface area contributed by atoms with E-state index in [2.05, 4.69) is 18.7 Å². The van der Waals surface area contributed by atoms with Crippen molar-refractivity contribution >= 4 is 5.69 Å². The third-order valence-electron chi connectivity index (χ3n) is 3.81. The van der Waals surface area contributed by atoms with Crippen molar-refractivity contribution in [1.82, 2.24) is 4.90 Å². The molecule has 0 aromatic heterocycles. The van der Waals surface area contributed by atoms with Gasteiger partial charge in [0, 0.05) is 29.9 Å². The van der Waals surface area contributed by atoms with Gasteiger partial charge >= 0.3 is 0 Å². The third-order valence-corrected chi connectivity index (χ3v) is 3.81. The van der Waals surface area contributed by atoms with Crippen LogP contribution in [0.3, 0.4) is 0 Å². The Balaban J connectivity index is 2.13. The van der Waals surface area contributed by atoms with Crippen LogP contribution in [-0.2, 0) is 6.54 Å². The quantitative estimate of drug-likeness (QED) is 0.799. The van der Waals surface area contributed by atoms with E-state index >= 15 is 0 Å². The maximum Gasteiger partial charge on any atom is 0.129 e. The van der Waals surface area contributed by atoms with Crippen molar-refractivity contribution in [2.24, 2.45) is 0 Å². The SMILES string of the molecule is C[C@@H]1CCC[C@H](C)N1Cc1ccc(N)cc1F. The van der Waals surface area contributed by atoms with Gasteiger partial charge in [-0.25, -0.2) is 4.39 Å². The van der Waals surface area contributed by atoms with Crippen LogP contribution in [0.4, 0.5) is 10.1 Å². The fourth-order valence-corrected chi connectivity index (χ4v) is 2.67. The largest absolute Gasteiger partial charge is 0.399 e. The highest BCUT2D eigenvalue weighted by molar-refractivity contribution is 5.40. The molecule has 3 heteroatoms. The summed E-state index contributed by atoms with van der Waals surface area (Å²) in [6, 6.07) is 6.07. The second-order valence-corrected chi connectivity index (χ2v) is 5.15. The molecule has 1 heterocycles. The molecule has 2 atom stereocenters. The van der Waals surface area contributed by atoms with Crippen LogP contribution in [0, 0.1) is 5.82 Å². The standard InChI is InChI=1S/C14H21FN2/c1-10-4-3-5-11(2)17(10)9-12-6-7-13(16)8-14(12)15/h6-8,10-11H,3-5,9,16H2,1-2H3/t10-,11+. The molecule has 0 saturated carbocycles. The van der Waals surface area contributed by atoms with Gasteiger partial charge in [0.15, 0.2) is 0 Å². The highest BCUT2D eigenvalue weighted by Gasteiger charge is 2.25. The van der Waals surface area contributed by atoms with E-state index in [1.165, 1.54) is 25.3 Å². The highest BCUT2D eigenvalue weighted by atomic mass is 19.1. The molecule has 0 amide bonds. The smallest absolute Gasteiger partial charge is 0.129 e. The van der Waals surface area contributed by atoms with Gasteiger partial charge in [0.05, 0.1) is 0 Å². The van der Waals surface area contributed by atoms with Crippen molar-refractivity contribution in [2.75, 3.05) is 5.73 Å². The Kier molecular flexibility index (Phi) is 3.67. The number of nitrogen functional groups attached to an aromatic ring is 1. The lowest BCUT2D eigenvalue weighted by Gasteiger charge is -2.39. The minimum Gasteiger partial charge on any atom is -0.399 e. The Morgan fingerprint density at radius 3 is 2.53 bits per heavy atom. The van der Waals surface area contributed by atoms with Crippen molar-refractivity contribution < 1.29 is 4.39 Å². The summed E-state index contributed by atoms with van der Waals surface area (Å²) in [5.74, 6) is -0.185. The van der Waals surface area contributed by atoms with Gasteiger partial charge in [0.2, 0.25) is 0 Å². The maximum absolute atomic E-state index is 13.8. The van der Waals surface area contributed by atoms with Gasteiger partial charge in [-0.1, -0.05) is 12.5 Å². The molecule has 2 rings (SSSR count). The predicted molar refractivity (Wildman–Crippen MR) is 69.1 cm³/mol. The molecule has 1 aliphatic heterocycles. The zero-order chi connectivity index (χ0) is 12.4. The molecule has 2 nitrogen and oxygen atoms in total. The van der Waals surface area contributed by atoms with E-state index in [0.29, 0.717) is 24.3 Å². The number of nitrogens with two attached hydrogens (primary N) is 1. The molecule has 0 unspecified atom stereocenters. The van der Waals surface area contributed by atoms with Gasteiger partial charge in [0.25, 0.3) is 0 Å². The van der Waals surface area contributed by atoms with Crippen LogP contribution in [0.1, 0.15) is 38.7 Å². The Morgan fingerprint density at radius 2 is 1.94 bits per heavy atom. The van der Waals surface area contributed by atoms with Crippen molar-refractivity contribution in [1.29, 1.82) is 0 Å². The average Bonchev–Trinajstić information content (AvgIpc) is 2.26. The minimum atomic E-state index is -0.185. The summed E-state index contributed by atoms with van der Waals surface area (Å²) in [5, 5.41) is 0.